The second-order valence-corrected chi connectivity index (χ2v) is 9.90. The van der Waals surface area contributed by atoms with Crippen molar-refractivity contribution in [3.63, 3.8) is 0 Å². The lowest BCUT2D eigenvalue weighted by atomic mass is 10.1. The van der Waals surface area contributed by atoms with Crippen LogP contribution in [0, 0.1) is 0 Å². The Kier molecular flexibility index (Phi) is 5.98. The van der Waals surface area contributed by atoms with E-state index in [1.807, 2.05) is 24.3 Å². The highest BCUT2D eigenvalue weighted by molar-refractivity contribution is 7.99. The Balaban J connectivity index is 1.45. The summed E-state index contributed by atoms with van der Waals surface area (Å²) in [5, 5.41) is 43.7. The van der Waals surface area contributed by atoms with Crippen LogP contribution in [0.4, 0.5) is 5.82 Å². The number of aromatic nitrogens is 5. The number of thioether (sulfide) groups is 1. The van der Waals surface area contributed by atoms with Crippen LogP contribution in [0.1, 0.15) is 43.7 Å². The fraction of sp³-hybridized carbons (Fsp3) is 0.524. The molecule has 4 N–H and O–H groups in total. The van der Waals surface area contributed by atoms with Crippen molar-refractivity contribution in [3.8, 4) is 0 Å². The quantitative estimate of drug-likeness (QED) is 0.300. The van der Waals surface area contributed by atoms with E-state index in [1.165, 1.54) is 10.2 Å². The molecule has 170 valence electrons. The van der Waals surface area contributed by atoms with Gasteiger partial charge in [0, 0.05) is 29.2 Å². The van der Waals surface area contributed by atoms with E-state index in [2.05, 4.69) is 27.5 Å². The van der Waals surface area contributed by atoms with Gasteiger partial charge in [-0.1, -0.05) is 47.6 Å². The van der Waals surface area contributed by atoms with Crippen LogP contribution in [0.2, 0.25) is 5.02 Å². The molecule has 2 unspecified atom stereocenters. The van der Waals surface area contributed by atoms with Crippen LogP contribution in [0.5, 0.6) is 0 Å². The number of fused-ring (bicyclic) bond motifs is 1. The van der Waals surface area contributed by atoms with Gasteiger partial charge in [0.2, 0.25) is 0 Å². The molecule has 0 radical (unpaired) electrons. The van der Waals surface area contributed by atoms with Crippen molar-refractivity contribution in [3.05, 3.63) is 34.9 Å². The Bertz CT molecular complexity index is 1110. The summed E-state index contributed by atoms with van der Waals surface area (Å²) in [6.07, 6.45) is -1.27. The molecule has 0 aliphatic heterocycles. The lowest BCUT2D eigenvalue weighted by Gasteiger charge is -2.16. The van der Waals surface area contributed by atoms with E-state index in [-0.39, 0.29) is 12.5 Å². The van der Waals surface area contributed by atoms with E-state index < -0.39 is 24.4 Å². The van der Waals surface area contributed by atoms with Crippen LogP contribution < -0.4 is 5.32 Å². The fourth-order valence-corrected chi connectivity index (χ4v) is 5.05. The number of nitrogens with zero attached hydrogens (tertiary/aromatic N) is 5. The minimum Gasteiger partial charge on any atom is -0.390 e. The van der Waals surface area contributed by atoms with Crippen LogP contribution >= 0.6 is 23.4 Å². The van der Waals surface area contributed by atoms with Crippen LogP contribution in [0.15, 0.2) is 29.4 Å². The van der Waals surface area contributed by atoms with Crippen molar-refractivity contribution in [1.29, 1.82) is 0 Å². The average Bonchev–Trinajstić information content (AvgIpc) is 3.34. The van der Waals surface area contributed by atoms with Gasteiger partial charge in [0.25, 0.3) is 0 Å². The van der Waals surface area contributed by atoms with Gasteiger partial charge in [-0.15, -0.1) is 5.10 Å². The summed E-state index contributed by atoms with van der Waals surface area (Å²) in [7, 11) is 0. The molecule has 2 aromatic heterocycles. The van der Waals surface area contributed by atoms with E-state index in [4.69, 9.17) is 16.6 Å². The third-order valence-electron chi connectivity index (χ3n) is 6.08. The molecule has 2 fully saturated rings. The van der Waals surface area contributed by atoms with E-state index in [0.717, 1.165) is 23.6 Å². The Labute approximate surface area is 194 Å². The molecule has 11 heteroatoms. The van der Waals surface area contributed by atoms with Crippen LogP contribution in [0.3, 0.4) is 0 Å². The largest absolute Gasteiger partial charge is 0.390 e. The van der Waals surface area contributed by atoms with E-state index >= 15 is 0 Å². The number of aliphatic hydroxyl groups is 3. The summed E-state index contributed by atoms with van der Waals surface area (Å²) in [4.78, 5) is 9.33. The summed E-state index contributed by atoms with van der Waals surface area (Å²) in [6.45, 7) is 2.09. The van der Waals surface area contributed by atoms with Gasteiger partial charge < -0.3 is 20.6 Å². The minimum atomic E-state index is -1.22. The Morgan fingerprint density at radius 1 is 1.12 bits per heavy atom. The van der Waals surface area contributed by atoms with Crippen molar-refractivity contribution in [2.75, 3.05) is 11.1 Å². The zero-order chi connectivity index (χ0) is 22.4. The summed E-state index contributed by atoms with van der Waals surface area (Å²) in [5.74, 6) is 1.84. The fourth-order valence-electron chi connectivity index (χ4n) is 4.23. The second-order valence-electron chi connectivity index (χ2n) is 8.41. The smallest absolute Gasteiger partial charge is 0.191 e. The standard InChI is InChI=1S/C21H25ClN6O3S/c1-2-7-32-21-24-19(23-13-8-12(13)10-3-5-11(22)6-4-10)16-20(25-21)28(27-26-16)14-9-15(29)18(31)17(14)30/h3-6,12-15,17-18,29-31H,2,7-9H2,1H3,(H,23,24,25)/t12?,13?,14-,15+,17+,18-/m1/s1. The lowest BCUT2D eigenvalue weighted by Crippen LogP contribution is -2.31. The number of benzene rings is 1. The highest BCUT2D eigenvalue weighted by Crippen LogP contribution is 2.44. The molecule has 2 aliphatic rings. The van der Waals surface area contributed by atoms with Crippen LogP contribution in [0.25, 0.3) is 11.2 Å². The minimum absolute atomic E-state index is 0.173. The van der Waals surface area contributed by atoms with E-state index in [1.54, 1.807) is 11.8 Å². The number of halogens is 1. The normalized spacial score (nSPS) is 29.5. The first-order valence-corrected chi connectivity index (χ1v) is 12.1. The summed E-state index contributed by atoms with van der Waals surface area (Å²) in [5.41, 5.74) is 2.21. The molecule has 1 aromatic carbocycles. The second kappa shape index (κ2) is 8.75. The van der Waals surface area contributed by atoms with Gasteiger partial charge in [0.05, 0.1) is 12.1 Å². The highest BCUT2D eigenvalue weighted by atomic mass is 35.5. The maximum absolute atomic E-state index is 10.4. The number of rotatable bonds is 7. The van der Waals surface area contributed by atoms with Gasteiger partial charge in [-0.25, -0.2) is 14.6 Å². The number of hydrogen-bond acceptors (Lipinski definition) is 9. The van der Waals surface area contributed by atoms with Gasteiger partial charge >= 0.3 is 0 Å². The van der Waals surface area contributed by atoms with Gasteiger partial charge in [-0.2, -0.15) is 0 Å². The Morgan fingerprint density at radius 2 is 1.91 bits per heavy atom. The van der Waals surface area contributed by atoms with Gasteiger partial charge in [0.15, 0.2) is 22.1 Å². The first kappa shape index (κ1) is 21.8. The highest BCUT2D eigenvalue weighted by Gasteiger charge is 2.43. The summed E-state index contributed by atoms with van der Waals surface area (Å²) < 4.78 is 1.51. The molecule has 9 nitrogen and oxygen atoms in total. The molecule has 2 aliphatic carbocycles. The number of aliphatic hydroxyl groups excluding tert-OH is 3. The first-order chi connectivity index (χ1) is 15.5. The van der Waals surface area contributed by atoms with Crippen molar-refractivity contribution >= 4 is 40.3 Å². The maximum atomic E-state index is 10.4. The Morgan fingerprint density at radius 3 is 2.59 bits per heavy atom. The molecule has 5 rings (SSSR count). The van der Waals surface area contributed by atoms with E-state index in [0.29, 0.717) is 28.1 Å². The molecule has 0 saturated heterocycles. The Hall–Kier alpha value is -1.98. The third-order valence-corrected chi connectivity index (χ3v) is 7.39. The van der Waals surface area contributed by atoms with Gasteiger partial charge in [-0.3, -0.25) is 0 Å². The van der Waals surface area contributed by atoms with Gasteiger partial charge in [-0.05, 0) is 30.5 Å². The van der Waals surface area contributed by atoms with Crippen molar-refractivity contribution in [2.45, 2.75) is 67.7 Å². The molecule has 2 heterocycles. The molecule has 6 atom stereocenters. The third kappa shape index (κ3) is 4.06. The maximum Gasteiger partial charge on any atom is 0.191 e. The average molecular weight is 477 g/mol. The molecule has 2 saturated carbocycles. The molecule has 0 amide bonds. The zero-order valence-corrected chi connectivity index (χ0v) is 19.0. The van der Waals surface area contributed by atoms with Crippen molar-refractivity contribution < 1.29 is 15.3 Å². The molecule has 3 aromatic rings. The molecule has 32 heavy (non-hydrogen) atoms. The molecule has 0 spiro atoms. The van der Waals surface area contributed by atoms with Crippen LogP contribution in [-0.4, -0.2) is 70.4 Å². The molecular weight excluding hydrogens is 452 g/mol. The predicted molar refractivity (Wildman–Crippen MR) is 122 cm³/mol. The zero-order valence-electron chi connectivity index (χ0n) is 17.5. The number of hydrogen-bond donors (Lipinski definition) is 4. The molecule has 0 bridgehead atoms. The first-order valence-electron chi connectivity index (χ1n) is 10.8. The number of anilines is 1. The SMILES string of the molecule is CCCSc1nc(NC2CC2c2ccc(Cl)cc2)c2nnn([C@@H]3C[C@H](O)[C@@H](O)[C@H]3O)c2n1. The van der Waals surface area contributed by atoms with E-state index in [9.17, 15) is 15.3 Å². The monoisotopic (exact) mass is 476 g/mol. The summed E-state index contributed by atoms with van der Waals surface area (Å²) >= 11 is 7.56. The van der Waals surface area contributed by atoms with Gasteiger partial charge in [0.1, 0.15) is 12.2 Å². The lowest BCUT2D eigenvalue weighted by molar-refractivity contribution is -0.0253. The van der Waals surface area contributed by atoms with Crippen molar-refractivity contribution in [2.24, 2.45) is 0 Å². The number of nitrogens with one attached hydrogen (secondary N) is 1. The molecular formula is C21H25ClN6O3S. The topological polar surface area (TPSA) is 129 Å². The predicted octanol–water partition coefficient (Wildman–Crippen LogP) is 2.37. The van der Waals surface area contributed by atoms with Crippen molar-refractivity contribution in [1.82, 2.24) is 25.0 Å². The van der Waals surface area contributed by atoms with Crippen LogP contribution in [-0.2, 0) is 0 Å². The summed E-state index contributed by atoms with van der Waals surface area (Å²) in [6, 6.07) is 7.48.